The minimum atomic E-state index is -1.36. The summed E-state index contributed by atoms with van der Waals surface area (Å²) in [5.74, 6) is -3.59. The SMILES string of the molecule is N#C[C@@H](N)c1cc(F)cc(F)c1F. The van der Waals surface area contributed by atoms with Crippen LogP contribution in [0.4, 0.5) is 13.2 Å². The van der Waals surface area contributed by atoms with Gasteiger partial charge in [0.2, 0.25) is 0 Å². The van der Waals surface area contributed by atoms with Crippen LogP contribution in [0, 0.1) is 28.8 Å². The van der Waals surface area contributed by atoms with Crippen molar-refractivity contribution in [2.45, 2.75) is 6.04 Å². The number of benzene rings is 1. The van der Waals surface area contributed by atoms with Gasteiger partial charge < -0.3 is 5.73 Å². The number of nitrogens with zero attached hydrogens (tertiary/aromatic N) is 1. The van der Waals surface area contributed by atoms with Gasteiger partial charge in [-0.3, -0.25) is 0 Å². The minimum Gasteiger partial charge on any atom is -0.312 e. The number of rotatable bonds is 1. The molecule has 0 aliphatic heterocycles. The van der Waals surface area contributed by atoms with E-state index in [-0.39, 0.29) is 0 Å². The molecule has 2 N–H and O–H groups in total. The van der Waals surface area contributed by atoms with Crippen LogP contribution in [0.5, 0.6) is 0 Å². The monoisotopic (exact) mass is 186 g/mol. The Balaban J connectivity index is 3.30. The molecule has 1 aromatic rings. The molecular formula is C8H5F3N2. The number of nitriles is 1. The van der Waals surface area contributed by atoms with Crippen molar-refractivity contribution in [3.8, 4) is 6.07 Å². The van der Waals surface area contributed by atoms with E-state index in [2.05, 4.69) is 0 Å². The van der Waals surface area contributed by atoms with E-state index >= 15 is 0 Å². The quantitative estimate of drug-likeness (QED) is 0.677. The topological polar surface area (TPSA) is 49.8 Å². The summed E-state index contributed by atoms with van der Waals surface area (Å²) < 4.78 is 37.9. The molecule has 0 amide bonds. The van der Waals surface area contributed by atoms with Crippen molar-refractivity contribution in [1.82, 2.24) is 0 Å². The first-order chi connectivity index (χ1) is 6.06. The molecule has 1 aromatic carbocycles. The molecule has 2 nitrogen and oxygen atoms in total. The van der Waals surface area contributed by atoms with Crippen molar-refractivity contribution in [1.29, 1.82) is 5.26 Å². The fourth-order valence-corrected chi connectivity index (χ4v) is 0.872. The number of hydrogen-bond donors (Lipinski definition) is 1. The average molecular weight is 186 g/mol. The standard InChI is InChI=1S/C8H5F3N2/c9-4-1-5(7(13)3-12)8(11)6(10)2-4/h1-2,7H,13H2/t7-/m1/s1. The van der Waals surface area contributed by atoms with E-state index < -0.39 is 29.1 Å². The Labute approximate surface area is 72.4 Å². The second-order valence-corrected chi connectivity index (χ2v) is 2.40. The van der Waals surface area contributed by atoms with Crippen LogP contribution in [0.25, 0.3) is 0 Å². The van der Waals surface area contributed by atoms with Gasteiger partial charge >= 0.3 is 0 Å². The summed E-state index contributed by atoms with van der Waals surface area (Å²) in [6.45, 7) is 0. The number of nitrogens with two attached hydrogens (primary N) is 1. The summed E-state index contributed by atoms with van der Waals surface area (Å²) in [5, 5.41) is 8.31. The lowest BCUT2D eigenvalue weighted by molar-refractivity contribution is 0.482. The molecule has 0 saturated heterocycles. The largest absolute Gasteiger partial charge is 0.312 e. The molecule has 0 heterocycles. The van der Waals surface area contributed by atoms with E-state index in [1.807, 2.05) is 0 Å². The molecule has 5 heteroatoms. The summed E-state index contributed by atoms with van der Waals surface area (Å²) in [6.07, 6.45) is 0. The van der Waals surface area contributed by atoms with Crippen molar-refractivity contribution in [3.05, 3.63) is 35.1 Å². The van der Waals surface area contributed by atoms with Gasteiger partial charge in [0.25, 0.3) is 0 Å². The minimum absolute atomic E-state index is 0.392. The first kappa shape index (κ1) is 9.55. The summed E-state index contributed by atoms with van der Waals surface area (Å²) in [5.41, 5.74) is 4.63. The lowest BCUT2D eigenvalue weighted by Gasteiger charge is -2.05. The second kappa shape index (κ2) is 3.46. The third kappa shape index (κ3) is 1.79. The van der Waals surface area contributed by atoms with E-state index in [0.29, 0.717) is 12.1 Å². The Morgan fingerprint density at radius 3 is 2.46 bits per heavy atom. The first-order valence-electron chi connectivity index (χ1n) is 3.36. The predicted octanol–water partition coefficient (Wildman–Crippen LogP) is 1.63. The second-order valence-electron chi connectivity index (χ2n) is 2.40. The molecule has 0 unspecified atom stereocenters. The Bertz CT molecular complexity index is 370. The van der Waals surface area contributed by atoms with Crippen LogP contribution in [0.15, 0.2) is 12.1 Å². The molecule has 13 heavy (non-hydrogen) atoms. The van der Waals surface area contributed by atoms with Crippen LogP contribution in [0.2, 0.25) is 0 Å². The zero-order chi connectivity index (χ0) is 10.0. The average Bonchev–Trinajstić information content (AvgIpc) is 2.10. The van der Waals surface area contributed by atoms with Gasteiger partial charge in [-0.1, -0.05) is 0 Å². The van der Waals surface area contributed by atoms with Crippen LogP contribution in [-0.4, -0.2) is 0 Å². The van der Waals surface area contributed by atoms with Crippen molar-refractivity contribution >= 4 is 0 Å². The van der Waals surface area contributed by atoms with Crippen LogP contribution >= 0.6 is 0 Å². The Morgan fingerprint density at radius 2 is 1.92 bits per heavy atom. The zero-order valence-corrected chi connectivity index (χ0v) is 6.39. The van der Waals surface area contributed by atoms with Gasteiger partial charge in [-0.15, -0.1) is 0 Å². The van der Waals surface area contributed by atoms with Gasteiger partial charge in [0.1, 0.15) is 11.9 Å². The van der Waals surface area contributed by atoms with E-state index in [1.165, 1.54) is 6.07 Å². The normalized spacial score (nSPS) is 12.2. The highest BCUT2D eigenvalue weighted by Gasteiger charge is 2.16. The van der Waals surface area contributed by atoms with Crippen LogP contribution in [0.1, 0.15) is 11.6 Å². The van der Waals surface area contributed by atoms with Gasteiger partial charge in [-0.2, -0.15) is 5.26 Å². The molecule has 0 aliphatic rings. The lowest BCUT2D eigenvalue weighted by Crippen LogP contribution is -2.11. The molecule has 0 fully saturated rings. The Morgan fingerprint density at radius 1 is 1.31 bits per heavy atom. The van der Waals surface area contributed by atoms with Gasteiger partial charge in [-0.05, 0) is 6.07 Å². The van der Waals surface area contributed by atoms with Crippen molar-refractivity contribution in [2.75, 3.05) is 0 Å². The molecule has 0 aliphatic carbocycles. The maximum atomic E-state index is 12.8. The van der Waals surface area contributed by atoms with E-state index in [0.717, 1.165) is 0 Å². The Hall–Kier alpha value is -1.54. The van der Waals surface area contributed by atoms with Crippen molar-refractivity contribution < 1.29 is 13.2 Å². The molecular weight excluding hydrogens is 181 g/mol. The summed E-state index contributed by atoms with van der Waals surface area (Å²) >= 11 is 0. The van der Waals surface area contributed by atoms with Crippen LogP contribution in [-0.2, 0) is 0 Å². The van der Waals surface area contributed by atoms with E-state index in [9.17, 15) is 13.2 Å². The van der Waals surface area contributed by atoms with Gasteiger partial charge in [0, 0.05) is 11.6 Å². The smallest absolute Gasteiger partial charge is 0.164 e. The maximum absolute atomic E-state index is 12.8. The van der Waals surface area contributed by atoms with Gasteiger partial charge in [-0.25, -0.2) is 13.2 Å². The van der Waals surface area contributed by atoms with Crippen LogP contribution in [0.3, 0.4) is 0 Å². The first-order valence-corrected chi connectivity index (χ1v) is 3.36. The highest BCUT2D eigenvalue weighted by Crippen LogP contribution is 2.18. The summed E-state index contributed by atoms with van der Waals surface area (Å²) in [6, 6.07) is 1.22. The summed E-state index contributed by atoms with van der Waals surface area (Å²) in [4.78, 5) is 0. The van der Waals surface area contributed by atoms with E-state index in [4.69, 9.17) is 11.0 Å². The number of hydrogen-bond acceptors (Lipinski definition) is 2. The van der Waals surface area contributed by atoms with Crippen molar-refractivity contribution in [3.63, 3.8) is 0 Å². The molecule has 1 rings (SSSR count). The highest BCUT2D eigenvalue weighted by molar-refractivity contribution is 5.26. The molecule has 0 saturated carbocycles. The third-order valence-electron chi connectivity index (χ3n) is 1.50. The fraction of sp³-hybridized carbons (Fsp3) is 0.125. The summed E-state index contributed by atoms with van der Waals surface area (Å²) in [7, 11) is 0. The lowest BCUT2D eigenvalue weighted by atomic mass is 10.1. The maximum Gasteiger partial charge on any atom is 0.164 e. The van der Waals surface area contributed by atoms with Gasteiger partial charge in [0.15, 0.2) is 11.6 Å². The molecule has 0 radical (unpaired) electrons. The predicted molar refractivity (Wildman–Crippen MR) is 38.9 cm³/mol. The highest BCUT2D eigenvalue weighted by atomic mass is 19.2. The van der Waals surface area contributed by atoms with Crippen LogP contribution < -0.4 is 5.73 Å². The van der Waals surface area contributed by atoms with E-state index in [1.54, 1.807) is 0 Å². The molecule has 0 spiro atoms. The fourth-order valence-electron chi connectivity index (χ4n) is 0.872. The molecule has 1 atom stereocenters. The molecule has 0 aromatic heterocycles. The van der Waals surface area contributed by atoms with Crippen molar-refractivity contribution in [2.24, 2.45) is 5.73 Å². The Kier molecular flexibility index (Phi) is 2.54. The zero-order valence-electron chi connectivity index (χ0n) is 6.39. The molecule has 0 bridgehead atoms. The van der Waals surface area contributed by atoms with Gasteiger partial charge in [0.05, 0.1) is 6.07 Å². The molecule has 68 valence electrons. The third-order valence-corrected chi connectivity index (χ3v) is 1.50. The number of halogens is 3.